The average molecular weight is 291 g/mol. The van der Waals surface area contributed by atoms with Crippen molar-refractivity contribution in [3.63, 3.8) is 0 Å². The SMILES string of the molecule is CN(Cc1ccco1)C(=O)C=Cc1cccc2ccccc12. The lowest BCUT2D eigenvalue weighted by atomic mass is 10.0. The van der Waals surface area contributed by atoms with Crippen molar-refractivity contribution in [3.8, 4) is 0 Å². The Morgan fingerprint density at radius 3 is 2.73 bits per heavy atom. The van der Waals surface area contributed by atoms with E-state index in [2.05, 4.69) is 18.2 Å². The second-order valence-corrected chi connectivity index (χ2v) is 5.18. The Bertz CT molecular complexity index is 798. The van der Waals surface area contributed by atoms with Gasteiger partial charge in [0, 0.05) is 13.1 Å². The van der Waals surface area contributed by atoms with E-state index >= 15 is 0 Å². The van der Waals surface area contributed by atoms with Crippen LogP contribution in [0, 0.1) is 0 Å². The fraction of sp³-hybridized carbons (Fsp3) is 0.105. The molecule has 110 valence electrons. The molecule has 3 nitrogen and oxygen atoms in total. The Balaban J connectivity index is 1.76. The summed E-state index contributed by atoms with van der Waals surface area (Å²) in [4.78, 5) is 13.8. The Morgan fingerprint density at radius 1 is 1.09 bits per heavy atom. The number of rotatable bonds is 4. The number of carbonyl (C=O) groups excluding carboxylic acids is 1. The number of furan rings is 1. The quantitative estimate of drug-likeness (QED) is 0.678. The Labute approximate surface area is 129 Å². The van der Waals surface area contributed by atoms with E-state index in [-0.39, 0.29) is 5.91 Å². The molecule has 0 spiro atoms. The molecule has 0 atom stereocenters. The highest BCUT2D eigenvalue weighted by atomic mass is 16.3. The third-order valence-corrected chi connectivity index (χ3v) is 3.58. The zero-order chi connectivity index (χ0) is 15.4. The van der Waals surface area contributed by atoms with E-state index in [0.717, 1.165) is 16.7 Å². The number of hydrogen-bond donors (Lipinski definition) is 0. The largest absolute Gasteiger partial charge is 0.467 e. The van der Waals surface area contributed by atoms with Gasteiger partial charge < -0.3 is 9.32 Å². The molecule has 3 heteroatoms. The minimum atomic E-state index is -0.0515. The summed E-state index contributed by atoms with van der Waals surface area (Å²) in [5.41, 5.74) is 1.04. The van der Waals surface area contributed by atoms with Crippen molar-refractivity contribution in [2.75, 3.05) is 7.05 Å². The van der Waals surface area contributed by atoms with E-state index in [0.29, 0.717) is 6.54 Å². The number of amides is 1. The zero-order valence-corrected chi connectivity index (χ0v) is 12.4. The second-order valence-electron chi connectivity index (χ2n) is 5.18. The van der Waals surface area contributed by atoms with Crippen LogP contribution >= 0.6 is 0 Å². The fourth-order valence-electron chi connectivity index (χ4n) is 2.40. The molecule has 0 saturated carbocycles. The Kier molecular flexibility index (Phi) is 4.05. The van der Waals surface area contributed by atoms with Gasteiger partial charge in [0.05, 0.1) is 12.8 Å². The van der Waals surface area contributed by atoms with Crippen molar-refractivity contribution >= 4 is 22.8 Å². The van der Waals surface area contributed by atoms with Gasteiger partial charge in [-0.25, -0.2) is 0 Å². The highest BCUT2D eigenvalue weighted by Gasteiger charge is 2.07. The topological polar surface area (TPSA) is 33.5 Å². The van der Waals surface area contributed by atoms with Crippen LogP contribution in [0.3, 0.4) is 0 Å². The summed E-state index contributed by atoms with van der Waals surface area (Å²) in [6.07, 6.45) is 5.08. The van der Waals surface area contributed by atoms with Gasteiger partial charge in [0.1, 0.15) is 5.76 Å². The first-order valence-corrected chi connectivity index (χ1v) is 7.17. The molecule has 0 aliphatic rings. The summed E-state index contributed by atoms with van der Waals surface area (Å²) in [5.74, 6) is 0.721. The number of benzene rings is 2. The van der Waals surface area contributed by atoms with E-state index in [1.807, 2.05) is 42.5 Å². The van der Waals surface area contributed by atoms with Gasteiger partial charge in [-0.1, -0.05) is 42.5 Å². The van der Waals surface area contributed by atoms with Crippen molar-refractivity contribution in [3.05, 3.63) is 78.3 Å². The van der Waals surface area contributed by atoms with Crippen molar-refractivity contribution in [2.45, 2.75) is 6.54 Å². The van der Waals surface area contributed by atoms with E-state index in [4.69, 9.17) is 4.42 Å². The Hall–Kier alpha value is -2.81. The summed E-state index contributed by atoms with van der Waals surface area (Å²) in [7, 11) is 1.76. The van der Waals surface area contributed by atoms with Crippen LogP contribution in [-0.4, -0.2) is 17.9 Å². The molecule has 0 aliphatic heterocycles. The third-order valence-electron chi connectivity index (χ3n) is 3.58. The van der Waals surface area contributed by atoms with Crippen LogP contribution in [-0.2, 0) is 11.3 Å². The van der Waals surface area contributed by atoms with Crippen molar-refractivity contribution in [2.24, 2.45) is 0 Å². The van der Waals surface area contributed by atoms with Gasteiger partial charge in [0.2, 0.25) is 5.91 Å². The van der Waals surface area contributed by atoms with Crippen LogP contribution < -0.4 is 0 Å². The van der Waals surface area contributed by atoms with Gasteiger partial charge in [0.15, 0.2) is 0 Å². The molecular weight excluding hydrogens is 274 g/mol. The number of hydrogen-bond acceptors (Lipinski definition) is 2. The van der Waals surface area contributed by atoms with Gasteiger partial charge >= 0.3 is 0 Å². The molecule has 0 N–H and O–H groups in total. The van der Waals surface area contributed by atoms with Gasteiger partial charge in [-0.15, -0.1) is 0 Å². The van der Waals surface area contributed by atoms with Crippen LogP contribution in [0.15, 0.2) is 71.4 Å². The number of carbonyl (C=O) groups is 1. The molecule has 0 aliphatic carbocycles. The first kappa shape index (κ1) is 14.1. The predicted octanol–water partition coefficient (Wildman–Crippen LogP) is 4.10. The smallest absolute Gasteiger partial charge is 0.246 e. The molecular formula is C19H17NO2. The normalized spacial score (nSPS) is 11.1. The molecule has 0 radical (unpaired) electrons. The first-order valence-electron chi connectivity index (χ1n) is 7.17. The van der Waals surface area contributed by atoms with Crippen LogP contribution in [0.4, 0.5) is 0 Å². The first-order chi connectivity index (χ1) is 10.7. The van der Waals surface area contributed by atoms with Crippen molar-refractivity contribution in [1.29, 1.82) is 0 Å². The van der Waals surface area contributed by atoms with Gasteiger partial charge in [-0.2, -0.15) is 0 Å². The average Bonchev–Trinajstić information content (AvgIpc) is 3.05. The summed E-state index contributed by atoms with van der Waals surface area (Å²) in [5, 5.41) is 2.31. The van der Waals surface area contributed by atoms with E-state index < -0.39 is 0 Å². The summed E-state index contributed by atoms with van der Waals surface area (Å²) in [6.45, 7) is 0.464. The van der Waals surface area contributed by atoms with E-state index in [1.54, 1.807) is 24.3 Å². The minimum absolute atomic E-state index is 0.0515. The molecule has 22 heavy (non-hydrogen) atoms. The molecule has 0 bridgehead atoms. The molecule has 1 heterocycles. The standard InChI is InChI=1S/C19H17NO2/c1-20(14-17-9-5-13-22-17)19(21)12-11-16-8-4-7-15-6-2-3-10-18(15)16/h2-13H,14H2,1H3. The second kappa shape index (κ2) is 6.31. The van der Waals surface area contributed by atoms with Crippen LogP contribution in [0.2, 0.25) is 0 Å². The lowest BCUT2D eigenvalue weighted by Crippen LogP contribution is -2.23. The predicted molar refractivity (Wildman–Crippen MR) is 88.2 cm³/mol. The lowest BCUT2D eigenvalue weighted by Gasteiger charge is -2.13. The van der Waals surface area contributed by atoms with Crippen molar-refractivity contribution in [1.82, 2.24) is 4.90 Å². The molecule has 3 aromatic rings. The lowest BCUT2D eigenvalue weighted by molar-refractivity contribution is -0.125. The molecule has 0 saturated heterocycles. The van der Waals surface area contributed by atoms with Crippen LogP contribution in [0.25, 0.3) is 16.8 Å². The third kappa shape index (κ3) is 3.09. The Morgan fingerprint density at radius 2 is 1.91 bits per heavy atom. The zero-order valence-electron chi connectivity index (χ0n) is 12.4. The van der Waals surface area contributed by atoms with Gasteiger partial charge in [-0.05, 0) is 34.5 Å². The molecule has 0 fully saturated rings. The molecule has 2 aromatic carbocycles. The number of likely N-dealkylation sites (N-methyl/N-ethyl adjacent to an activating group) is 1. The highest BCUT2D eigenvalue weighted by Crippen LogP contribution is 2.19. The monoisotopic (exact) mass is 291 g/mol. The summed E-state index contributed by atoms with van der Waals surface area (Å²) >= 11 is 0. The van der Waals surface area contributed by atoms with Gasteiger partial charge in [0.25, 0.3) is 0 Å². The summed E-state index contributed by atoms with van der Waals surface area (Å²) < 4.78 is 5.26. The number of fused-ring (bicyclic) bond motifs is 1. The molecule has 1 aromatic heterocycles. The maximum atomic E-state index is 12.2. The summed E-state index contributed by atoms with van der Waals surface area (Å²) in [6, 6.07) is 17.9. The van der Waals surface area contributed by atoms with Gasteiger partial charge in [-0.3, -0.25) is 4.79 Å². The fourth-order valence-corrected chi connectivity index (χ4v) is 2.40. The van der Waals surface area contributed by atoms with Crippen LogP contribution in [0.5, 0.6) is 0 Å². The van der Waals surface area contributed by atoms with Crippen molar-refractivity contribution < 1.29 is 9.21 Å². The van der Waals surface area contributed by atoms with E-state index in [1.165, 1.54) is 5.39 Å². The minimum Gasteiger partial charge on any atom is -0.467 e. The van der Waals surface area contributed by atoms with E-state index in [9.17, 15) is 4.79 Å². The molecule has 3 rings (SSSR count). The molecule has 1 amide bonds. The number of nitrogens with zero attached hydrogens (tertiary/aromatic N) is 1. The maximum Gasteiger partial charge on any atom is 0.246 e. The highest BCUT2D eigenvalue weighted by molar-refractivity contribution is 5.96. The molecule has 0 unspecified atom stereocenters. The maximum absolute atomic E-state index is 12.2. The van der Waals surface area contributed by atoms with Crippen LogP contribution in [0.1, 0.15) is 11.3 Å².